The zero-order chi connectivity index (χ0) is 15.6. The molecular weight excluding hydrogens is 332 g/mol. The first-order valence-electron chi connectivity index (χ1n) is 6.68. The van der Waals surface area contributed by atoms with Crippen LogP contribution in [0.25, 0.3) is 10.9 Å². The molecule has 0 atom stereocenters. The van der Waals surface area contributed by atoms with Gasteiger partial charge < -0.3 is 9.88 Å². The summed E-state index contributed by atoms with van der Waals surface area (Å²) < 4.78 is 0.831. The van der Waals surface area contributed by atoms with Gasteiger partial charge in [0.15, 0.2) is 5.43 Å². The van der Waals surface area contributed by atoms with Crippen molar-refractivity contribution in [3.05, 3.63) is 56.8 Å². The van der Waals surface area contributed by atoms with Crippen LogP contribution in [0.2, 0.25) is 0 Å². The predicted molar refractivity (Wildman–Crippen MR) is 88.7 cm³/mol. The summed E-state index contributed by atoms with van der Waals surface area (Å²) in [5, 5.41) is 0.559. The molecule has 21 heavy (non-hydrogen) atoms. The van der Waals surface area contributed by atoms with E-state index in [4.69, 9.17) is 0 Å². The Morgan fingerprint density at radius 1 is 1.38 bits per heavy atom. The van der Waals surface area contributed by atoms with Crippen molar-refractivity contribution in [2.24, 2.45) is 0 Å². The minimum Gasteiger partial charge on any atom is -0.350 e. The van der Waals surface area contributed by atoms with Crippen LogP contribution >= 0.6 is 15.9 Å². The minimum atomic E-state index is -0.192. The Labute approximate surface area is 131 Å². The first-order valence-corrected chi connectivity index (χ1v) is 7.48. The zero-order valence-corrected chi connectivity index (χ0v) is 13.7. The number of carbonyl (C=O) groups excluding carboxylic acids is 1. The maximum absolute atomic E-state index is 12.5. The van der Waals surface area contributed by atoms with Crippen LogP contribution in [0.4, 0.5) is 0 Å². The van der Waals surface area contributed by atoms with Gasteiger partial charge in [0.2, 0.25) is 0 Å². The van der Waals surface area contributed by atoms with Gasteiger partial charge in [-0.1, -0.05) is 28.1 Å². The monoisotopic (exact) mass is 348 g/mol. The number of amides is 1. The number of pyridine rings is 1. The van der Waals surface area contributed by atoms with E-state index in [0.29, 0.717) is 29.7 Å². The van der Waals surface area contributed by atoms with Crippen LogP contribution in [-0.2, 0) is 0 Å². The lowest BCUT2D eigenvalue weighted by atomic mass is 10.2. The first kappa shape index (κ1) is 15.5. The molecule has 1 aromatic heterocycles. The average molecular weight is 349 g/mol. The number of aromatic nitrogens is 1. The average Bonchev–Trinajstić information content (AvgIpc) is 2.44. The van der Waals surface area contributed by atoms with Crippen LogP contribution in [0.3, 0.4) is 0 Å². The molecule has 1 amide bonds. The summed E-state index contributed by atoms with van der Waals surface area (Å²) in [6.45, 7) is 8.64. The van der Waals surface area contributed by atoms with Gasteiger partial charge in [0.05, 0.1) is 0 Å². The molecule has 0 bridgehead atoms. The number of nitrogens with zero attached hydrogens (tertiary/aromatic N) is 1. The molecule has 0 fully saturated rings. The molecule has 4 nitrogen and oxygen atoms in total. The van der Waals surface area contributed by atoms with Gasteiger partial charge in [0, 0.05) is 34.5 Å². The fraction of sp³-hybridized carbons (Fsp3) is 0.250. The van der Waals surface area contributed by atoms with E-state index in [-0.39, 0.29) is 11.3 Å². The SMILES string of the molecule is C=C(C)CN(CC)C(=O)c1cc(=O)c2cc(Br)ccc2[nH]1. The van der Waals surface area contributed by atoms with Crippen LogP contribution in [0.5, 0.6) is 0 Å². The maximum atomic E-state index is 12.5. The largest absolute Gasteiger partial charge is 0.350 e. The molecule has 5 heteroatoms. The van der Waals surface area contributed by atoms with E-state index in [1.54, 1.807) is 17.0 Å². The summed E-state index contributed by atoms with van der Waals surface area (Å²) in [7, 11) is 0. The van der Waals surface area contributed by atoms with Gasteiger partial charge >= 0.3 is 0 Å². The third kappa shape index (κ3) is 3.42. The summed E-state index contributed by atoms with van der Waals surface area (Å²) >= 11 is 3.34. The first-order chi connectivity index (χ1) is 9.92. The van der Waals surface area contributed by atoms with E-state index in [1.807, 2.05) is 19.9 Å². The zero-order valence-electron chi connectivity index (χ0n) is 12.1. The van der Waals surface area contributed by atoms with Gasteiger partial charge in [-0.2, -0.15) is 0 Å². The Balaban J connectivity index is 2.47. The highest BCUT2D eigenvalue weighted by molar-refractivity contribution is 9.10. The molecule has 1 N–H and O–H groups in total. The number of H-pyrrole nitrogens is 1. The van der Waals surface area contributed by atoms with E-state index >= 15 is 0 Å². The van der Waals surface area contributed by atoms with Crippen molar-refractivity contribution in [2.45, 2.75) is 13.8 Å². The van der Waals surface area contributed by atoms with Crippen molar-refractivity contribution >= 4 is 32.7 Å². The standard InChI is InChI=1S/C16H17BrN2O2/c1-4-19(9-10(2)3)16(21)14-8-15(20)12-7-11(17)5-6-13(12)18-14/h5-8H,2,4,9H2,1,3H3,(H,18,20). The van der Waals surface area contributed by atoms with Crippen LogP contribution in [0.1, 0.15) is 24.3 Å². The van der Waals surface area contributed by atoms with E-state index in [1.165, 1.54) is 6.07 Å². The van der Waals surface area contributed by atoms with E-state index in [2.05, 4.69) is 27.5 Å². The number of fused-ring (bicyclic) bond motifs is 1. The summed E-state index contributed by atoms with van der Waals surface area (Å²) in [6, 6.07) is 6.72. The van der Waals surface area contributed by atoms with E-state index < -0.39 is 0 Å². The van der Waals surface area contributed by atoms with E-state index in [0.717, 1.165) is 10.0 Å². The number of aromatic amines is 1. The van der Waals surface area contributed by atoms with Gasteiger partial charge in [-0.15, -0.1) is 0 Å². The summed E-state index contributed by atoms with van der Waals surface area (Å²) in [5.74, 6) is -0.192. The van der Waals surface area contributed by atoms with Crippen molar-refractivity contribution in [1.82, 2.24) is 9.88 Å². The lowest BCUT2D eigenvalue weighted by Crippen LogP contribution is -2.33. The number of likely N-dealkylation sites (N-methyl/N-ethyl adjacent to an activating group) is 1. The van der Waals surface area contributed by atoms with Crippen LogP contribution in [0, 0.1) is 0 Å². The molecule has 0 aliphatic rings. The Kier molecular flexibility index (Phi) is 4.63. The normalized spacial score (nSPS) is 10.6. The molecule has 0 spiro atoms. The fourth-order valence-corrected chi connectivity index (χ4v) is 2.52. The molecule has 0 saturated carbocycles. The molecule has 0 radical (unpaired) electrons. The Morgan fingerprint density at radius 3 is 2.71 bits per heavy atom. The molecule has 0 aliphatic carbocycles. The smallest absolute Gasteiger partial charge is 0.270 e. The van der Waals surface area contributed by atoms with Crippen molar-refractivity contribution in [3.63, 3.8) is 0 Å². The number of hydrogen-bond donors (Lipinski definition) is 1. The Morgan fingerprint density at radius 2 is 2.10 bits per heavy atom. The van der Waals surface area contributed by atoms with Crippen molar-refractivity contribution in [3.8, 4) is 0 Å². The number of benzene rings is 1. The van der Waals surface area contributed by atoms with Crippen molar-refractivity contribution < 1.29 is 4.79 Å². The van der Waals surface area contributed by atoms with Gasteiger partial charge in [-0.05, 0) is 32.0 Å². The lowest BCUT2D eigenvalue weighted by molar-refractivity contribution is 0.0773. The molecule has 1 aromatic carbocycles. The second-order valence-corrected chi connectivity index (χ2v) is 5.93. The quantitative estimate of drug-likeness (QED) is 0.861. The third-order valence-corrected chi connectivity index (χ3v) is 3.65. The predicted octanol–water partition coefficient (Wildman–Crippen LogP) is 3.33. The Hall–Kier alpha value is -1.88. The van der Waals surface area contributed by atoms with Gasteiger partial charge in [0.1, 0.15) is 5.69 Å². The van der Waals surface area contributed by atoms with Crippen LogP contribution < -0.4 is 5.43 Å². The van der Waals surface area contributed by atoms with Crippen LogP contribution in [0.15, 0.2) is 45.7 Å². The Bertz CT molecular complexity index is 764. The lowest BCUT2D eigenvalue weighted by Gasteiger charge is -2.21. The summed E-state index contributed by atoms with van der Waals surface area (Å²) in [6.07, 6.45) is 0. The third-order valence-electron chi connectivity index (χ3n) is 3.15. The van der Waals surface area contributed by atoms with Crippen LogP contribution in [-0.4, -0.2) is 28.9 Å². The molecule has 2 aromatic rings. The summed E-state index contributed by atoms with van der Waals surface area (Å²) in [4.78, 5) is 29.3. The molecule has 1 heterocycles. The number of hydrogen-bond acceptors (Lipinski definition) is 2. The van der Waals surface area contributed by atoms with Crippen molar-refractivity contribution in [2.75, 3.05) is 13.1 Å². The number of rotatable bonds is 4. The summed E-state index contributed by atoms with van der Waals surface area (Å²) in [5.41, 5.74) is 1.69. The van der Waals surface area contributed by atoms with Crippen molar-refractivity contribution in [1.29, 1.82) is 0 Å². The minimum absolute atomic E-state index is 0.167. The van der Waals surface area contributed by atoms with Gasteiger partial charge in [-0.3, -0.25) is 9.59 Å². The van der Waals surface area contributed by atoms with Gasteiger partial charge in [-0.25, -0.2) is 0 Å². The molecule has 0 saturated heterocycles. The molecule has 0 aliphatic heterocycles. The topological polar surface area (TPSA) is 53.2 Å². The number of halogens is 1. The number of carbonyl (C=O) groups is 1. The van der Waals surface area contributed by atoms with E-state index in [9.17, 15) is 9.59 Å². The molecule has 110 valence electrons. The second kappa shape index (κ2) is 6.26. The highest BCUT2D eigenvalue weighted by Gasteiger charge is 2.16. The van der Waals surface area contributed by atoms with Gasteiger partial charge in [0.25, 0.3) is 5.91 Å². The fourth-order valence-electron chi connectivity index (χ4n) is 2.16. The number of nitrogens with one attached hydrogen (secondary N) is 1. The molecule has 2 rings (SSSR count). The molecular formula is C16H17BrN2O2. The molecule has 0 unspecified atom stereocenters. The highest BCUT2D eigenvalue weighted by Crippen LogP contribution is 2.16. The second-order valence-electron chi connectivity index (χ2n) is 5.01. The highest BCUT2D eigenvalue weighted by atomic mass is 79.9. The maximum Gasteiger partial charge on any atom is 0.270 e.